The monoisotopic (exact) mass is 368 g/mol. The van der Waals surface area contributed by atoms with Gasteiger partial charge in [0.05, 0.1) is 0 Å². The van der Waals surface area contributed by atoms with Gasteiger partial charge in [0.1, 0.15) is 5.15 Å². The highest BCUT2D eigenvalue weighted by molar-refractivity contribution is 14.0. The Morgan fingerprint density at radius 3 is 2.71 bits per heavy atom. The van der Waals surface area contributed by atoms with Crippen LogP contribution in [-0.4, -0.2) is 31.1 Å². The lowest BCUT2D eigenvalue weighted by Crippen LogP contribution is -2.38. The number of rotatable bonds is 4. The van der Waals surface area contributed by atoms with Crippen molar-refractivity contribution in [2.24, 2.45) is 4.99 Å². The molecule has 0 saturated carbocycles. The zero-order valence-corrected chi connectivity index (χ0v) is 13.1. The van der Waals surface area contributed by atoms with Gasteiger partial charge >= 0.3 is 0 Å². The SMILES string of the molecule is CCNC(=NC)NCCc1ccc(Cl)nc1.I. The first-order valence-electron chi connectivity index (χ1n) is 5.31. The first kappa shape index (κ1) is 16.4. The van der Waals surface area contributed by atoms with Crippen LogP contribution in [0.1, 0.15) is 12.5 Å². The molecule has 2 N–H and O–H groups in total. The lowest BCUT2D eigenvalue weighted by Gasteiger charge is -2.09. The number of hydrogen-bond donors (Lipinski definition) is 2. The first-order chi connectivity index (χ1) is 7.76. The Labute approximate surface area is 124 Å². The van der Waals surface area contributed by atoms with Gasteiger partial charge in [0.15, 0.2) is 5.96 Å². The number of guanidine groups is 1. The van der Waals surface area contributed by atoms with E-state index in [9.17, 15) is 0 Å². The molecular formula is C11H18ClIN4. The second-order valence-corrected chi connectivity index (χ2v) is 3.66. The van der Waals surface area contributed by atoms with E-state index in [1.807, 2.05) is 13.0 Å². The normalized spacial score (nSPS) is 10.6. The van der Waals surface area contributed by atoms with Crippen LogP contribution in [-0.2, 0) is 6.42 Å². The van der Waals surface area contributed by atoms with Crippen LogP contribution >= 0.6 is 35.6 Å². The van der Waals surface area contributed by atoms with Crippen LogP contribution < -0.4 is 10.6 Å². The molecule has 0 spiro atoms. The summed E-state index contributed by atoms with van der Waals surface area (Å²) in [6.07, 6.45) is 2.69. The van der Waals surface area contributed by atoms with E-state index in [1.54, 1.807) is 19.3 Å². The van der Waals surface area contributed by atoms with Gasteiger partial charge in [0.25, 0.3) is 0 Å². The van der Waals surface area contributed by atoms with Gasteiger partial charge in [0, 0.05) is 26.3 Å². The molecule has 0 aromatic carbocycles. The molecule has 0 unspecified atom stereocenters. The molecule has 0 saturated heterocycles. The molecule has 0 fully saturated rings. The molecule has 0 amide bonds. The number of halogens is 2. The van der Waals surface area contributed by atoms with Crippen LogP contribution in [0.2, 0.25) is 5.15 Å². The standard InChI is InChI=1S/C11H17ClN4.HI/c1-3-14-11(13-2)15-7-6-9-4-5-10(12)16-8-9;/h4-5,8H,3,6-7H2,1-2H3,(H2,13,14,15);1H. The molecule has 1 aromatic rings. The summed E-state index contributed by atoms with van der Waals surface area (Å²) in [5.74, 6) is 0.824. The topological polar surface area (TPSA) is 49.3 Å². The average molecular weight is 369 g/mol. The van der Waals surface area contributed by atoms with Crippen molar-refractivity contribution in [3.05, 3.63) is 29.0 Å². The molecule has 0 atom stereocenters. The van der Waals surface area contributed by atoms with E-state index in [4.69, 9.17) is 11.6 Å². The lowest BCUT2D eigenvalue weighted by molar-refractivity contribution is 0.808. The predicted molar refractivity (Wildman–Crippen MR) is 83.4 cm³/mol. The number of hydrogen-bond acceptors (Lipinski definition) is 2. The molecule has 0 bridgehead atoms. The van der Waals surface area contributed by atoms with Crippen molar-refractivity contribution < 1.29 is 0 Å². The van der Waals surface area contributed by atoms with Gasteiger partial charge in [-0.25, -0.2) is 4.98 Å². The zero-order valence-electron chi connectivity index (χ0n) is 10.0. The second-order valence-electron chi connectivity index (χ2n) is 3.27. The van der Waals surface area contributed by atoms with Crippen LogP contribution in [0.25, 0.3) is 0 Å². The van der Waals surface area contributed by atoms with Crippen molar-refractivity contribution in [3.8, 4) is 0 Å². The molecular weight excluding hydrogens is 351 g/mol. The van der Waals surface area contributed by atoms with Crippen LogP contribution in [0.3, 0.4) is 0 Å². The van der Waals surface area contributed by atoms with Crippen LogP contribution in [0.15, 0.2) is 23.3 Å². The summed E-state index contributed by atoms with van der Waals surface area (Å²) in [5, 5.41) is 6.87. The van der Waals surface area contributed by atoms with E-state index in [2.05, 4.69) is 20.6 Å². The second kappa shape index (κ2) is 9.47. The summed E-state index contributed by atoms with van der Waals surface area (Å²) in [5.41, 5.74) is 1.16. The lowest BCUT2D eigenvalue weighted by atomic mass is 10.2. The van der Waals surface area contributed by atoms with Gasteiger partial charge in [0.2, 0.25) is 0 Å². The molecule has 4 nitrogen and oxygen atoms in total. The Bertz CT molecular complexity index is 340. The molecule has 17 heavy (non-hydrogen) atoms. The van der Waals surface area contributed by atoms with Gasteiger partial charge < -0.3 is 10.6 Å². The Morgan fingerprint density at radius 1 is 1.41 bits per heavy atom. The molecule has 96 valence electrons. The number of nitrogens with one attached hydrogen (secondary N) is 2. The Balaban J connectivity index is 0.00000256. The first-order valence-corrected chi connectivity index (χ1v) is 5.69. The molecule has 0 radical (unpaired) electrons. The summed E-state index contributed by atoms with van der Waals surface area (Å²) in [4.78, 5) is 8.11. The average Bonchev–Trinajstić information content (AvgIpc) is 2.30. The third-order valence-electron chi connectivity index (χ3n) is 2.06. The van der Waals surface area contributed by atoms with Gasteiger partial charge in [-0.2, -0.15) is 0 Å². The molecule has 1 aromatic heterocycles. The highest BCUT2D eigenvalue weighted by atomic mass is 127. The van der Waals surface area contributed by atoms with Gasteiger partial charge in [-0.15, -0.1) is 24.0 Å². The van der Waals surface area contributed by atoms with Gasteiger partial charge in [-0.3, -0.25) is 4.99 Å². The smallest absolute Gasteiger partial charge is 0.190 e. The number of aliphatic imine (C=N–C) groups is 1. The summed E-state index contributed by atoms with van der Waals surface area (Å²) < 4.78 is 0. The highest BCUT2D eigenvalue weighted by Gasteiger charge is 1.96. The summed E-state index contributed by atoms with van der Waals surface area (Å²) >= 11 is 5.70. The maximum absolute atomic E-state index is 5.70. The number of pyridine rings is 1. The Kier molecular flexibility index (Phi) is 9.16. The fraction of sp³-hybridized carbons (Fsp3) is 0.455. The summed E-state index contributed by atoms with van der Waals surface area (Å²) in [7, 11) is 1.76. The Hall–Kier alpha value is -0.560. The van der Waals surface area contributed by atoms with E-state index in [-0.39, 0.29) is 24.0 Å². The predicted octanol–water partition coefficient (Wildman–Crippen LogP) is 2.08. The molecule has 1 heterocycles. The van der Waals surface area contributed by atoms with E-state index in [1.165, 1.54) is 0 Å². The molecule has 6 heteroatoms. The van der Waals surface area contributed by atoms with Crippen LogP contribution in [0, 0.1) is 0 Å². The summed E-state index contributed by atoms with van der Waals surface area (Å²) in [6.45, 7) is 3.72. The van der Waals surface area contributed by atoms with Crippen molar-refractivity contribution in [2.75, 3.05) is 20.1 Å². The van der Waals surface area contributed by atoms with E-state index in [0.717, 1.165) is 31.0 Å². The number of aromatic nitrogens is 1. The highest BCUT2D eigenvalue weighted by Crippen LogP contribution is 2.05. The molecule has 1 rings (SSSR count). The van der Waals surface area contributed by atoms with Crippen molar-refractivity contribution in [3.63, 3.8) is 0 Å². The third kappa shape index (κ3) is 6.68. The molecule has 0 aliphatic heterocycles. The van der Waals surface area contributed by atoms with Gasteiger partial charge in [-0.1, -0.05) is 17.7 Å². The van der Waals surface area contributed by atoms with Gasteiger partial charge in [-0.05, 0) is 25.0 Å². The van der Waals surface area contributed by atoms with Crippen molar-refractivity contribution in [1.82, 2.24) is 15.6 Å². The minimum absolute atomic E-state index is 0. The van der Waals surface area contributed by atoms with Crippen LogP contribution in [0.4, 0.5) is 0 Å². The van der Waals surface area contributed by atoms with E-state index >= 15 is 0 Å². The van der Waals surface area contributed by atoms with Crippen molar-refractivity contribution >= 4 is 41.5 Å². The fourth-order valence-electron chi connectivity index (χ4n) is 1.27. The van der Waals surface area contributed by atoms with Crippen molar-refractivity contribution in [2.45, 2.75) is 13.3 Å². The minimum Gasteiger partial charge on any atom is -0.357 e. The quantitative estimate of drug-likeness (QED) is 0.370. The molecule has 0 aliphatic carbocycles. The van der Waals surface area contributed by atoms with E-state index < -0.39 is 0 Å². The summed E-state index contributed by atoms with van der Waals surface area (Å²) in [6, 6.07) is 3.78. The maximum atomic E-state index is 5.70. The Morgan fingerprint density at radius 2 is 2.18 bits per heavy atom. The fourth-order valence-corrected chi connectivity index (χ4v) is 1.38. The third-order valence-corrected chi connectivity index (χ3v) is 2.29. The minimum atomic E-state index is 0. The largest absolute Gasteiger partial charge is 0.357 e. The molecule has 0 aliphatic rings. The zero-order chi connectivity index (χ0) is 11.8. The maximum Gasteiger partial charge on any atom is 0.190 e. The van der Waals surface area contributed by atoms with E-state index in [0.29, 0.717) is 5.15 Å². The van der Waals surface area contributed by atoms with Crippen LogP contribution in [0.5, 0.6) is 0 Å². The van der Waals surface area contributed by atoms with Crippen molar-refractivity contribution in [1.29, 1.82) is 0 Å². The number of nitrogens with zero attached hydrogens (tertiary/aromatic N) is 2.